The Morgan fingerprint density at radius 2 is 0.781 bits per heavy atom. The van der Waals surface area contributed by atoms with Crippen molar-refractivity contribution in [2.24, 2.45) is 0 Å². The number of benzene rings is 10. The van der Waals surface area contributed by atoms with Crippen molar-refractivity contribution >= 4 is 79.2 Å². The van der Waals surface area contributed by atoms with Crippen LogP contribution in [-0.2, 0) is 5.41 Å². The lowest BCUT2D eigenvalue weighted by Crippen LogP contribution is -2.15. The lowest BCUT2D eigenvalue weighted by Gasteiger charge is -2.34. The molecule has 304 valence electrons. The smallest absolute Gasteiger partial charge is 0.0601 e. The molecule has 0 saturated carbocycles. The van der Waals surface area contributed by atoms with Crippen LogP contribution < -0.4 is 9.80 Å². The van der Waals surface area contributed by atoms with Gasteiger partial charge in [0.05, 0.1) is 22.7 Å². The lowest BCUT2D eigenvalue weighted by molar-refractivity contribution is 0.660. The molecular formula is C60H42N2S2. The number of anilines is 6. The van der Waals surface area contributed by atoms with Crippen molar-refractivity contribution in [2.45, 2.75) is 45.8 Å². The van der Waals surface area contributed by atoms with Gasteiger partial charge < -0.3 is 9.80 Å². The van der Waals surface area contributed by atoms with Crippen LogP contribution in [0.5, 0.6) is 0 Å². The van der Waals surface area contributed by atoms with E-state index in [1.165, 1.54) is 114 Å². The van der Waals surface area contributed by atoms with Crippen molar-refractivity contribution in [3.63, 3.8) is 0 Å². The summed E-state index contributed by atoms with van der Waals surface area (Å²) in [7, 11) is 0. The van der Waals surface area contributed by atoms with Crippen molar-refractivity contribution in [1.82, 2.24) is 0 Å². The van der Waals surface area contributed by atoms with Gasteiger partial charge in [-0.15, -0.1) is 0 Å². The van der Waals surface area contributed by atoms with Crippen molar-refractivity contribution in [2.75, 3.05) is 9.80 Å². The second-order valence-corrected chi connectivity index (χ2v) is 19.9. The van der Waals surface area contributed by atoms with Crippen molar-refractivity contribution in [3.05, 3.63) is 217 Å². The molecule has 2 aliphatic heterocycles. The average molecular weight is 855 g/mol. The molecule has 10 aromatic rings. The Morgan fingerprint density at radius 1 is 0.359 bits per heavy atom. The molecule has 64 heavy (non-hydrogen) atoms. The molecule has 0 saturated heterocycles. The fourth-order valence-electron chi connectivity index (χ4n) is 10.7. The summed E-state index contributed by atoms with van der Waals surface area (Å²) in [5.41, 5.74) is 18.6. The highest BCUT2D eigenvalue weighted by Crippen LogP contribution is 2.56. The second kappa shape index (κ2) is 14.3. The average Bonchev–Trinajstić information content (AvgIpc) is 3.56. The van der Waals surface area contributed by atoms with Gasteiger partial charge in [-0.25, -0.2) is 0 Å². The minimum Gasteiger partial charge on any atom is -0.308 e. The van der Waals surface area contributed by atoms with E-state index in [2.05, 4.69) is 231 Å². The molecule has 2 heterocycles. The summed E-state index contributed by atoms with van der Waals surface area (Å²) < 4.78 is 0. The number of aryl methyl sites for hydroxylation is 1. The van der Waals surface area contributed by atoms with E-state index in [-0.39, 0.29) is 5.41 Å². The Hall–Kier alpha value is -6.98. The maximum absolute atomic E-state index is 2.51. The summed E-state index contributed by atoms with van der Waals surface area (Å²) in [5, 5.41) is 4.94. The minimum absolute atomic E-state index is 0.139. The second-order valence-electron chi connectivity index (χ2n) is 17.8. The summed E-state index contributed by atoms with van der Waals surface area (Å²) in [6, 6.07) is 75.1. The van der Waals surface area contributed by atoms with Gasteiger partial charge in [-0.2, -0.15) is 0 Å². The summed E-state index contributed by atoms with van der Waals surface area (Å²) in [5.74, 6) is 0. The lowest BCUT2D eigenvalue weighted by atomic mass is 9.80. The van der Waals surface area contributed by atoms with Crippen LogP contribution in [0.4, 0.5) is 34.1 Å². The highest BCUT2D eigenvalue weighted by atomic mass is 32.2. The third-order valence-electron chi connectivity index (χ3n) is 13.7. The first-order valence-corrected chi connectivity index (χ1v) is 23.7. The van der Waals surface area contributed by atoms with E-state index in [1.807, 2.05) is 23.5 Å². The fourth-order valence-corrected chi connectivity index (χ4v) is 12.8. The molecule has 0 unspecified atom stereocenters. The van der Waals surface area contributed by atoms with Crippen molar-refractivity contribution < 1.29 is 0 Å². The van der Waals surface area contributed by atoms with Crippen LogP contribution in [0.2, 0.25) is 0 Å². The first-order valence-electron chi connectivity index (χ1n) is 22.1. The van der Waals surface area contributed by atoms with E-state index >= 15 is 0 Å². The van der Waals surface area contributed by atoms with Crippen LogP contribution in [0, 0.1) is 6.92 Å². The zero-order valence-electron chi connectivity index (χ0n) is 35.8. The molecule has 0 aromatic heterocycles. The van der Waals surface area contributed by atoms with Crippen LogP contribution >= 0.6 is 23.5 Å². The number of rotatable bonds is 4. The molecule has 4 heteroatoms. The number of nitrogens with zero attached hydrogens (tertiary/aromatic N) is 2. The molecule has 0 amide bonds. The van der Waals surface area contributed by atoms with Crippen LogP contribution in [0.1, 0.15) is 30.5 Å². The quantitative estimate of drug-likeness (QED) is 0.163. The van der Waals surface area contributed by atoms with Crippen LogP contribution in [0.25, 0.3) is 54.9 Å². The van der Waals surface area contributed by atoms with Crippen LogP contribution in [-0.4, -0.2) is 0 Å². The van der Waals surface area contributed by atoms with Crippen molar-refractivity contribution in [3.8, 4) is 33.4 Å². The molecular weight excluding hydrogens is 813 g/mol. The Kier molecular flexibility index (Phi) is 8.37. The largest absolute Gasteiger partial charge is 0.308 e. The topological polar surface area (TPSA) is 6.48 Å². The summed E-state index contributed by atoms with van der Waals surface area (Å²) in [4.78, 5) is 9.96. The fraction of sp³-hybridized carbons (Fsp3) is 0.0667. The maximum Gasteiger partial charge on any atom is 0.0601 e. The summed E-state index contributed by atoms with van der Waals surface area (Å²) in [6.45, 7) is 6.95. The molecule has 10 aromatic carbocycles. The Balaban J connectivity index is 1.13. The van der Waals surface area contributed by atoms with Gasteiger partial charge in [-0.05, 0) is 152 Å². The minimum atomic E-state index is -0.139. The summed E-state index contributed by atoms with van der Waals surface area (Å²) >= 11 is 3.70. The summed E-state index contributed by atoms with van der Waals surface area (Å²) in [6.07, 6.45) is 0. The van der Waals surface area contributed by atoms with E-state index in [4.69, 9.17) is 0 Å². The van der Waals surface area contributed by atoms with Gasteiger partial charge in [0.1, 0.15) is 0 Å². The Morgan fingerprint density at radius 3 is 1.30 bits per heavy atom. The normalized spacial score (nSPS) is 14.1. The maximum atomic E-state index is 2.51. The number of hydrogen-bond donors (Lipinski definition) is 0. The standard InChI is InChI=1S/C60H42N2S2/c1-37-24-26-38(27-25-37)58-44-32-29-41(62-52-18-8-12-22-56(52)64-57-23-13-9-19-53(57)62)36-47(44)59(39-28-31-43-42-14-4-5-15-48(42)60(2,3)49(43)34-39)45-33-30-40(35-46(45)58)61-50-16-6-10-20-54(50)63-55-21-11-7-17-51(55)61/h4-36H,1-3H3. The Labute approximate surface area is 382 Å². The third-order valence-corrected chi connectivity index (χ3v) is 15.9. The zero-order valence-corrected chi connectivity index (χ0v) is 37.4. The van der Waals surface area contributed by atoms with E-state index in [1.54, 1.807) is 0 Å². The molecule has 0 spiro atoms. The van der Waals surface area contributed by atoms with E-state index < -0.39 is 0 Å². The molecule has 3 aliphatic rings. The van der Waals surface area contributed by atoms with E-state index in [9.17, 15) is 0 Å². The number of hydrogen-bond acceptors (Lipinski definition) is 4. The van der Waals surface area contributed by atoms with Gasteiger partial charge in [0.2, 0.25) is 0 Å². The zero-order chi connectivity index (χ0) is 42.7. The van der Waals surface area contributed by atoms with Gasteiger partial charge in [0, 0.05) is 36.4 Å². The van der Waals surface area contributed by atoms with E-state index in [0.29, 0.717) is 0 Å². The first kappa shape index (κ1) is 37.6. The van der Waals surface area contributed by atoms with E-state index in [0.717, 1.165) is 11.4 Å². The van der Waals surface area contributed by atoms with Crippen LogP contribution in [0.15, 0.2) is 220 Å². The molecule has 2 nitrogen and oxygen atoms in total. The third kappa shape index (κ3) is 5.62. The molecule has 13 rings (SSSR count). The monoisotopic (exact) mass is 854 g/mol. The van der Waals surface area contributed by atoms with Gasteiger partial charge in [-0.3, -0.25) is 0 Å². The molecule has 0 atom stereocenters. The van der Waals surface area contributed by atoms with Gasteiger partial charge in [0.25, 0.3) is 0 Å². The highest BCUT2D eigenvalue weighted by molar-refractivity contribution is 8.00. The molecule has 0 fully saturated rings. The molecule has 0 radical (unpaired) electrons. The molecule has 1 aliphatic carbocycles. The number of fused-ring (bicyclic) bond motifs is 9. The predicted octanol–water partition coefficient (Wildman–Crippen LogP) is 17.8. The van der Waals surface area contributed by atoms with Gasteiger partial charge in [-0.1, -0.05) is 164 Å². The van der Waals surface area contributed by atoms with Crippen molar-refractivity contribution in [1.29, 1.82) is 0 Å². The predicted molar refractivity (Wildman–Crippen MR) is 272 cm³/mol. The first-order chi connectivity index (χ1) is 31.4. The van der Waals surface area contributed by atoms with Crippen LogP contribution in [0.3, 0.4) is 0 Å². The highest BCUT2D eigenvalue weighted by Gasteiger charge is 2.36. The molecule has 0 bridgehead atoms. The van der Waals surface area contributed by atoms with Gasteiger partial charge in [0.15, 0.2) is 0 Å². The molecule has 0 N–H and O–H groups in total. The Bertz CT molecular complexity index is 3480. The van der Waals surface area contributed by atoms with Gasteiger partial charge >= 0.3 is 0 Å². The SMILES string of the molecule is Cc1ccc(-c2c3ccc(N4c5ccccc5Sc5ccccc54)cc3c(-c3ccc4c(c3)C(C)(C)c3ccccc3-4)c3ccc(N4c5ccccc5Sc5ccccc54)cc23)cc1. The number of para-hydroxylation sites is 4.